The summed E-state index contributed by atoms with van der Waals surface area (Å²) in [7, 11) is 4.08. The van der Waals surface area contributed by atoms with E-state index in [0.717, 1.165) is 0 Å². The Hall–Kier alpha value is -3.55. The Morgan fingerprint density at radius 3 is 2.25 bits per heavy atom. The standard InChI is InChI=1S/C24H26O12/c1-31-14-6-10(4-5-12(14)35-24-22(30)21(29)19(27)17(9-25)36-24)13-7-11(26)18-15(34-13)8-16(32-2)23(33-3)20(18)28/h4-8,17,19,21-22,24-25,27-30H,9H2,1-3H3/t17-,19-,21-,22-,24-/m0/s1. The first kappa shape index (κ1) is 25.5. The Morgan fingerprint density at radius 2 is 1.61 bits per heavy atom. The Labute approximate surface area is 204 Å². The second-order valence-electron chi connectivity index (χ2n) is 7.99. The highest BCUT2D eigenvalue weighted by Gasteiger charge is 2.45. The van der Waals surface area contributed by atoms with Crippen molar-refractivity contribution in [3.63, 3.8) is 0 Å². The Morgan fingerprint density at radius 1 is 0.889 bits per heavy atom. The molecule has 2 heterocycles. The number of aliphatic hydroxyl groups is 4. The number of benzene rings is 2. The number of aliphatic hydroxyl groups excluding tert-OH is 4. The summed E-state index contributed by atoms with van der Waals surface area (Å²) in [6.45, 7) is -0.603. The molecular weight excluding hydrogens is 480 g/mol. The van der Waals surface area contributed by atoms with Gasteiger partial charge in [0.1, 0.15) is 41.1 Å². The summed E-state index contributed by atoms with van der Waals surface area (Å²) >= 11 is 0. The molecule has 0 unspecified atom stereocenters. The highest BCUT2D eigenvalue weighted by molar-refractivity contribution is 5.89. The van der Waals surface area contributed by atoms with E-state index in [9.17, 15) is 30.3 Å². The van der Waals surface area contributed by atoms with E-state index in [2.05, 4.69) is 0 Å². The summed E-state index contributed by atoms with van der Waals surface area (Å²) in [6, 6.07) is 7.13. The van der Waals surface area contributed by atoms with Gasteiger partial charge in [-0.05, 0) is 18.2 Å². The normalized spacial score (nSPS) is 23.9. The average Bonchev–Trinajstić information content (AvgIpc) is 2.88. The fraction of sp³-hybridized carbons (Fsp3) is 0.375. The topological polar surface area (TPSA) is 178 Å². The first-order chi connectivity index (χ1) is 17.2. The van der Waals surface area contributed by atoms with Gasteiger partial charge in [0, 0.05) is 17.7 Å². The lowest BCUT2D eigenvalue weighted by Gasteiger charge is -2.39. The van der Waals surface area contributed by atoms with Crippen molar-refractivity contribution in [2.75, 3.05) is 27.9 Å². The highest BCUT2D eigenvalue weighted by Crippen LogP contribution is 2.42. The van der Waals surface area contributed by atoms with Crippen LogP contribution in [0.5, 0.6) is 28.7 Å². The molecule has 1 aliphatic heterocycles. The molecule has 12 nitrogen and oxygen atoms in total. The Bertz CT molecular complexity index is 1300. The van der Waals surface area contributed by atoms with E-state index in [4.69, 9.17) is 28.1 Å². The maximum Gasteiger partial charge on any atom is 0.229 e. The minimum Gasteiger partial charge on any atom is -0.504 e. The molecule has 0 spiro atoms. The van der Waals surface area contributed by atoms with Crippen LogP contribution in [0.25, 0.3) is 22.3 Å². The number of ether oxygens (including phenoxy) is 5. The number of fused-ring (bicyclic) bond motifs is 1. The summed E-state index contributed by atoms with van der Waals surface area (Å²) in [5.41, 5.74) is -0.0418. The van der Waals surface area contributed by atoms with E-state index >= 15 is 0 Å². The maximum atomic E-state index is 12.8. The molecule has 4 rings (SSSR count). The van der Waals surface area contributed by atoms with E-state index in [1.54, 1.807) is 6.07 Å². The quantitative estimate of drug-likeness (QED) is 0.298. The molecule has 1 fully saturated rings. The second kappa shape index (κ2) is 10.2. The van der Waals surface area contributed by atoms with Crippen LogP contribution >= 0.6 is 0 Å². The van der Waals surface area contributed by atoms with Gasteiger partial charge < -0.3 is 53.6 Å². The number of hydrogen-bond donors (Lipinski definition) is 5. The zero-order valence-corrected chi connectivity index (χ0v) is 19.6. The molecule has 194 valence electrons. The molecule has 0 saturated carbocycles. The smallest absolute Gasteiger partial charge is 0.229 e. The van der Waals surface area contributed by atoms with Crippen LogP contribution in [0, 0.1) is 0 Å². The van der Waals surface area contributed by atoms with Gasteiger partial charge in [0.05, 0.1) is 27.9 Å². The van der Waals surface area contributed by atoms with Crippen LogP contribution in [0.2, 0.25) is 0 Å². The zero-order chi connectivity index (χ0) is 26.1. The van der Waals surface area contributed by atoms with Gasteiger partial charge in [-0.1, -0.05) is 0 Å². The van der Waals surface area contributed by atoms with Crippen molar-refractivity contribution in [1.29, 1.82) is 0 Å². The van der Waals surface area contributed by atoms with Crippen molar-refractivity contribution in [2.24, 2.45) is 0 Å². The fourth-order valence-corrected chi connectivity index (χ4v) is 3.96. The lowest BCUT2D eigenvalue weighted by atomic mass is 9.99. The van der Waals surface area contributed by atoms with Crippen LogP contribution in [0.4, 0.5) is 0 Å². The van der Waals surface area contributed by atoms with Crippen molar-refractivity contribution < 1.29 is 53.6 Å². The fourth-order valence-electron chi connectivity index (χ4n) is 3.96. The van der Waals surface area contributed by atoms with Crippen LogP contribution in [0.15, 0.2) is 39.5 Å². The van der Waals surface area contributed by atoms with E-state index in [1.165, 1.54) is 45.6 Å². The van der Waals surface area contributed by atoms with Crippen LogP contribution in [0.3, 0.4) is 0 Å². The van der Waals surface area contributed by atoms with Crippen LogP contribution < -0.4 is 24.4 Å². The van der Waals surface area contributed by atoms with Gasteiger partial charge in [0.15, 0.2) is 28.4 Å². The van der Waals surface area contributed by atoms with Gasteiger partial charge in [0.2, 0.25) is 12.0 Å². The summed E-state index contributed by atoms with van der Waals surface area (Å²) < 4.78 is 32.6. The van der Waals surface area contributed by atoms with Crippen molar-refractivity contribution in [3.05, 3.63) is 40.6 Å². The molecule has 0 aliphatic carbocycles. The predicted molar refractivity (Wildman–Crippen MR) is 124 cm³/mol. The SMILES string of the molecule is COc1cc(-c2cc(=O)c3c(O)c(OC)c(OC)cc3o2)ccc1O[C@H]1O[C@@H](CO)[C@H](O)[C@H](O)[C@@H]1O. The molecular formula is C24H26O12. The van der Waals surface area contributed by atoms with Gasteiger partial charge in [-0.15, -0.1) is 0 Å². The Kier molecular flexibility index (Phi) is 7.24. The molecule has 3 aromatic rings. The van der Waals surface area contributed by atoms with Gasteiger partial charge in [-0.25, -0.2) is 0 Å². The minimum absolute atomic E-state index is 0.00131. The van der Waals surface area contributed by atoms with Crippen LogP contribution in [-0.2, 0) is 4.74 Å². The van der Waals surface area contributed by atoms with Crippen LogP contribution in [-0.4, -0.2) is 84.2 Å². The summed E-state index contributed by atoms with van der Waals surface area (Å²) in [5.74, 6) is 0.190. The first-order valence-corrected chi connectivity index (χ1v) is 10.8. The number of phenolic OH excluding ortho intramolecular Hbond substituents is 1. The van der Waals surface area contributed by atoms with Crippen molar-refractivity contribution in [3.8, 4) is 40.1 Å². The summed E-state index contributed by atoms with van der Waals surface area (Å²) in [5, 5.41) is 49.9. The van der Waals surface area contributed by atoms with E-state index < -0.39 is 48.5 Å². The molecule has 1 aliphatic rings. The second-order valence-corrected chi connectivity index (χ2v) is 7.99. The lowest BCUT2D eigenvalue weighted by molar-refractivity contribution is -0.277. The number of rotatable bonds is 7. The van der Waals surface area contributed by atoms with Gasteiger partial charge >= 0.3 is 0 Å². The molecule has 0 amide bonds. The Balaban J connectivity index is 1.70. The van der Waals surface area contributed by atoms with Gasteiger partial charge in [-0.3, -0.25) is 4.79 Å². The zero-order valence-electron chi connectivity index (χ0n) is 19.6. The number of methoxy groups -OCH3 is 3. The number of phenols is 1. The largest absolute Gasteiger partial charge is 0.504 e. The van der Waals surface area contributed by atoms with Crippen molar-refractivity contribution in [1.82, 2.24) is 0 Å². The predicted octanol–water partition coefficient (Wildman–Crippen LogP) is 0.370. The third-order valence-corrected chi connectivity index (χ3v) is 5.88. The van der Waals surface area contributed by atoms with Gasteiger partial charge in [0.25, 0.3) is 0 Å². The average molecular weight is 506 g/mol. The molecule has 1 aromatic heterocycles. The molecule has 12 heteroatoms. The monoisotopic (exact) mass is 506 g/mol. The van der Waals surface area contributed by atoms with E-state index in [0.29, 0.717) is 5.56 Å². The number of hydrogen-bond acceptors (Lipinski definition) is 12. The van der Waals surface area contributed by atoms with Crippen molar-refractivity contribution >= 4 is 11.0 Å². The molecule has 5 atom stereocenters. The molecule has 5 N–H and O–H groups in total. The maximum absolute atomic E-state index is 12.8. The minimum atomic E-state index is -1.61. The molecule has 2 aromatic carbocycles. The molecule has 36 heavy (non-hydrogen) atoms. The summed E-state index contributed by atoms with van der Waals surface area (Å²) in [4.78, 5) is 12.8. The highest BCUT2D eigenvalue weighted by atomic mass is 16.7. The third kappa shape index (κ3) is 4.40. The summed E-state index contributed by atoms with van der Waals surface area (Å²) in [6.07, 6.45) is -7.29. The lowest BCUT2D eigenvalue weighted by Crippen LogP contribution is -2.60. The molecule has 0 radical (unpaired) electrons. The van der Waals surface area contributed by atoms with Crippen molar-refractivity contribution in [2.45, 2.75) is 30.7 Å². The van der Waals surface area contributed by atoms with E-state index in [-0.39, 0.29) is 39.7 Å². The first-order valence-electron chi connectivity index (χ1n) is 10.8. The number of aromatic hydroxyl groups is 1. The van der Waals surface area contributed by atoms with E-state index in [1.807, 2.05) is 0 Å². The molecule has 1 saturated heterocycles. The third-order valence-electron chi connectivity index (χ3n) is 5.88. The molecule has 0 bridgehead atoms. The van der Waals surface area contributed by atoms with Crippen LogP contribution in [0.1, 0.15) is 0 Å². The van der Waals surface area contributed by atoms with Gasteiger partial charge in [-0.2, -0.15) is 0 Å².